The quantitative estimate of drug-likeness (QED) is 0.740. The molecule has 0 saturated carbocycles. The number of benzene rings is 1. The van der Waals surface area contributed by atoms with Crippen LogP contribution in [0.1, 0.15) is 70.3 Å². The smallest absolute Gasteiger partial charge is 0.336 e. The number of hydrogen-bond donors (Lipinski definition) is 1. The van der Waals surface area contributed by atoms with Gasteiger partial charge in [-0.15, -0.1) is 0 Å². The van der Waals surface area contributed by atoms with Gasteiger partial charge in [-0.1, -0.05) is 20.3 Å². The first-order chi connectivity index (χ1) is 12.8. The van der Waals surface area contributed by atoms with Crippen LogP contribution in [0.2, 0.25) is 0 Å². The molecule has 1 aromatic carbocycles. The standard InChI is InChI=1S/C22H28O5/c1-6-9-13-12-16(24)26-21-17(13)20-14(10-11-22(4,5)27-20)19(25-8-3)18(21)15(23)7-2/h10-12,15,23H,6-9H2,1-5H3. The summed E-state index contributed by atoms with van der Waals surface area (Å²) in [7, 11) is 0. The molecule has 0 radical (unpaired) electrons. The molecule has 0 fully saturated rings. The predicted molar refractivity (Wildman–Crippen MR) is 107 cm³/mol. The summed E-state index contributed by atoms with van der Waals surface area (Å²) in [5.74, 6) is 1.18. The minimum absolute atomic E-state index is 0.369. The van der Waals surface area contributed by atoms with E-state index in [1.54, 1.807) is 0 Å². The van der Waals surface area contributed by atoms with Crippen LogP contribution >= 0.6 is 0 Å². The van der Waals surface area contributed by atoms with Gasteiger partial charge in [0.2, 0.25) is 0 Å². The Bertz CT molecular complexity index is 936. The third-order valence-corrected chi connectivity index (χ3v) is 4.79. The maximum atomic E-state index is 12.3. The summed E-state index contributed by atoms with van der Waals surface area (Å²) >= 11 is 0. The number of aliphatic hydroxyl groups excluding tert-OH is 1. The molecule has 0 aliphatic carbocycles. The Labute approximate surface area is 159 Å². The van der Waals surface area contributed by atoms with Crippen LogP contribution in [-0.4, -0.2) is 17.3 Å². The topological polar surface area (TPSA) is 68.9 Å². The highest BCUT2D eigenvalue weighted by atomic mass is 16.5. The molecular formula is C22H28O5. The molecular weight excluding hydrogens is 344 g/mol. The van der Waals surface area contributed by atoms with Crippen molar-refractivity contribution >= 4 is 17.0 Å². The highest BCUT2D eigenvalue weighted by Gasteiger charge is 2.32. The summed E-state index contributed by atoms with van der Waals surface area (Å²) < 4.78 is 17.8. The summed E-state index contributed by atoms with van der Waals surface area (Å²) in [6.45, 7) is 10.2. The highest BCUT2D eigenvalue weighted by molar-refractivity contribution is 5.97. The molecule has 0 spiro atoms. The average Bonchev–Trinajstić information content (AvgIpc) is 2.60. The van der Waals surface area contributed by atoms with Gasteiger partial charge in [0.25, 0.3) is 0 Å². The zero-order chi connectivity index (χ0) is 19.8. The second kappa shape index (κ2) is 7.39. The predicted octanol–water partition coefficient (Wildman–Crippen LogP) is 4.77. The van der Waals surface area contributed by atoms with E-state index in [9.17, 15) is 9.90 Å². The first kappa shape index (κ1) is 19.5. The van der Waals surface area contributed by atoms with Gasteiger partial charge in [-0.05, 0) is 51.3 Å². The van der Waals surface area contributed by atoms with Crippen molar-refractivity contribution in [2.45, 2.75) is 65.6 Å². The number of hydrogen-bond acceptors (Lipinski definition) is 5. The summed E-state index contributed by atoms with van der Waals surface area (Å²) in [5, 5.41) is 11.5. The van der Waals surface area contributed by atoms with Gasteiger partial charge in [-0.2, -0.15) is 0 Å². The van der Waals surface area contributed by atoms with Crippen LogP contribution in [0.5, 0.6) is 11.5 Å². The average molecular weight is 372 g/mol. The number of ether oxygens (including phenoxy) is 2. The van der Waals surface area contributed by atoms with Gasteiger partial charge in [-0.3, -0.25) is 0 Å². The molecule has 0 saturated heterocycles. The van der Waals surface area contributed by atoms with E-state index in [2.05, 4.69) is 6.92 Å². The molecule has 27 heavy (non-hydrogen) atoms. The van der Waals surface area contributed by atoms with Crippen LogP contribution in [0.4, 0.5) is 0 Å². The molecule has 1 aliphatic heterocycles. The van der Waals surface area contributed by atoms with Crippen LogP contribution in [0.15, 0.2) is 21.4 Å². The third-order valence-electron chi connectivity index (χ3n) is 4.79. The first-order valence-corrected chi connectivity index (χ1v) is 9.68. The lowest BCUT2D eigenvalue weighted by molar-refractivity contribution is 0.156. The maximum Gasteiger partial charge on any atom is 0.336 e. The highest BCUT2D eigenvalue weighted by Crippen LogP contribution is 2.48. The molecule has 1 unspecified atom stereocenters. The van der Waals surface area contributed by atoms with Crippen LogP contribution in [0.3, 0.4) is 0 Å². The van der Waals surface area contributed by atoms with Gasteiger partial charge in [0.1, 0.15) is 17.1 Å². The zero-order valence-electron chi connectivity index (χ0n) is 16.7. The maximum absolute atomic E-state index is 12.3. The molecule has 2 aromatic rings. The Morgan fingerprint density at radius 1 is 1.26 bits per heavy atom. The lowest BCUT2D eigenvalue weighted by atomic mass is 9.91. The second-order valence-electron chi connectivity index (χ2n) is 7.43. The third kappa shape index (κ3) is 3.48. The van der Waals surface area contributed by atoms with Gasteiger partial charge in [0.15, 0.2) is 5.58 Å². The van der Waals surface area contributed by atoms with Gasteiger partial charge in [0.05, 0.1) is 29.2 Å². The summed E-state index contributed by atoms with van der Waals surface area (Å²) in [4.78, 5) is 12.3. The number of fused-ring (bicyclic) bond motifs is 3. The number of rotatable bonds is 6. The molecule has 146 valence electrons. The van der Waals surface area contributed by atoms with E-state index < -0.39 is 17.3 Å². The monoisotopic (exact) mass is 372 g/mol. The molecule has 5 heteroatoms. The van der Waals surface area contributed by atoms with E-state index in [0.717, 1.165) is 29.4 Å². The van der Waals surface area contributed by atoms with Crippen molar-refractivity contribution < 1.29 is 19.0 Å². The zero-order valence-corrected chi connectivity index (χ0v) is 16.7. The first-order valence-electron chi connectivity index (χ1n) is 9.68. The van der Waals surface area contributed by atoms with E-state index in [1.165, 1.54) is 6.07 Å². The molecule has 1 aliphatic rings. The Hall–Kier alpha value is -2.27. The Kier molecular flexibility index (Phi) is 5.33. The van der Waals surface area contributed by atoms with Crippen molar-refractivity contribution in [1.29, 1.82) is 0 Å². The van der Waals surface area contributed by atoms with Gasteiger partial charge in [-0.25, -0.2) is 4.79 Å². The minimum atomic E-state index is -0.803. The lowest BCUT2D eigenvalue weighted by Gasteiger charge is -2.31. The molecule has 5 nitrogen and oxygen atoms in total. The van der Waals surface area contributed by atoms with Crippen LogP contribution in [0.25, 0.3) is 17.0 Å². The van der Waals surface area contributed by atoms with Crippen molar-refractivity contribution in [3.05, 3.63) is 39.3 Å². The Morgan fingerprint density at radius 2 is 2.00 bits per heavy atom. The van der Waals surface area contributed by atoms with Crippen molar-refractivity contribution in [3.63, 3.8) is 0 Å². The lowest BCUT2D eigenvalue weighted by Crippen LogP contribution is -2.28. The number of aryl methyl sites for hydroxylation is 1. The second-order valence-corrected chi connectivity index (χ2v) is 7.43. The van der Waals surface area contributed by atoms with Gasteiger partial charge >= 0.3 is 5.63 Å². The van der Waals surface area contributed by atoms with Gasteiger partial charge in [0, 0.05) is 6.07 Å². The minimum Gasteiger partial charge on any atom is -0.493 e. The van der Waals surface area contributed by atoms with Crippen LogP contribution < -0.4 is 15.1 Å². The van der Waals surface area contributed by atoms with E-state index in [1.807, 2.05) is 39.8 Å². The molecule has 0 bridgehead atoms. The van der Waals surface area contributed by atoms with E-state index in [-0.39, 0.29) is 0 Å². The molecule has 1 N–H and O–H groups in total. The fourth-order valence-corrected chi connectivity index (χ4v) is 3.58. The van der Waals surface area contributed by atoms with Crippen molar-refractivity contribution in [3.8, 4) is 11.5 Å². The number of aliphatic hydroxyl groups is 1. The van der Waals surface area contributed by atoms with Crippen molar-refractivity contribution in [2.24, 2.45) is 0 Å². The van der Waals surface area contributed by atoms with Crippen LogP contribution in [-0.2, 0) is 6.42 Å². The molecule has 2 heterocycles. The SMILES string of the molecule is CCCc1cc(=O)oc2c(C(O)CC)c(OCC)c3c(c12)OC(C)(C)C=C3. The summed E-state index contributed by atoms with van der Waals surface area (Å²) in [6, 6.07) is 1.53. The van der Waals surface area contributed by atoms with E-state index in [4.69, 9.17) is 13.9 Å². The molecule has 3 rings (SSSR count). The largest absolute Gasteiger partial charge is 0.493 e. The van der Waals surface area contributed by atoms with Crippen LogP contribution in [0, 0.1) is 0 Å². The molecule has 0 amide bonds. The Morgan fingerprint density at radius 3 is 2.63 bits per heavy atom. The fourth-order valence-electron chi connectivity index (χ4n) is 3.58. The van der Waals surface area contributed by atoms with Crippen molar-refractivity contribution in [2.75, 3.05) is 6.61 Å². The summed E-state index contributed by atoms with van der Waals surface area (Å²) in [5.41, 5.74) is 1.64. The summed E-state index contributed by atoms with van der Waals surface area (Å²) in [6.07, 6.45) is 5.23. The normalized spacial score (nSPS) is 16.1. The molecule has 1 aromatic heterocycles. The van der Waals surface area contributed by atoms with Gasteiger partial charge < -0.3 is 19.0 Å². The van der Waals surface area contributed by atoms with E-state index >= 15 is 0 Å². The van der Waals surface area contributed by atoms with Crippen molar-refractivity contribution in [1.82, 2.24) is 0 Å². The Balaban J connectivity index is 2.52. The van der Waals surface area contributed by atoms with E-state index in [0.29, 0.717) is 35.7 Å². The fraction of sp³-hybridized carbons (Fsp3) is 0.500. The molecule has 1 atom stereocenters.